The van der Waals surface area contributed by atoms with Crippen molar-refractivity contribution in [1.82, 2.24) is 10.3 Å². The zero-order valence-electron chi connectivity index (χ0n) is 14.4. The van der Waals surface area contributed by atoms with Crippen LogP contribution in [0.5, 0.6) is 0 Å². The summed E-state index contributed by atoms with van der Waals surface area (Å²) >= 11 is 1.58. The Hall–Kier alpha value is -2.79. The van der Waals surface area contributed by atoms with Gasteiger partial charge in [-0.15, -0.1) is 0 Å². The van der Waals surface area contributed by atoms with Gasteiger partial charge in [0.1, 0.15) is 5.03 Å². The zero-order chi connectivity index (χ0) is 18.0. The maximum atomic E-state index is 12.2. The van der Waals surface area contributed by atoms with Crippen LogP contribution in [0.1, 0.15) is 16.8 Å². The Balaban J connectivity index is 1.40. The molecule has 0 saturated heterocycles. The van der Waals surface area contributed by atoms with Gasteiger partial charge in [0.2, 0.25) is 0 Å². The summed E-state index contributed by atoms with van der Waals surface area (Å²) in [4.78, 5) is 17.5. The van der Waals surface area contributed by atoms with E-state index in [1.807, 2.05) is 72.8 Å². The smallest absolute Gasteiger partial charge is 0.251 e. The van der Waals surface area contributed by atoms with E-state index in [0.717, 1.165) is 28.6 Å². The lowest BCUT2D eigenvalue weighted by atomic mass is 10.2. The average Bonchev–Trinajstić information content (AvgIpc) is 2.70. The van der Waals surface area contributed by atoms with Crippen LogP contribution >= 0.6 is 11.8 Å². The van der Waals surface area contributed by atoms with Crippen LogP contribution in [0.4, 0.5) is 5.69 Å². The van der Waals surface area contributed by atoms with Crippen molar-refractivity contribution in [2.45, 2.75) is 16.3 Å². The first-order chi connectivity index (χ1) is 12.8. The van der Waals surface area contributed by atoms with E-state index in [9.17, 15) is 4.79 Å². The standard InChI is InChI=1S/C21H21N3OS/c25-21(24-16-6-15-22-18-7-2-1-3-8-18)17-10-12-19(13-11-17)26-20-9-4-5-14-23-20/h1-5,7-14,22H,6,15-16H2,(H,24,25). The van der Waals surface area contributed by atoms with E-state index in [1.165, 1.54) is 0 Å². The maximum absolute atomic E-state index is 12.2. The molecule has 0 saturated carbocycles. The van der Waals surface area contributed by atoms with Crippen molar-refractivity contribution >= 4 is 23.4 Å². The fraction of sp³-hybridized carbons (Fsp3) is 0.143. The van der Waals surface area contributed by atoms with Crippen LogP contribution in [0.2, 0.25) is 0 Å². The fourth-order valence-corrected chi connectivity index (χ4v) is 3.16. The van der Waals surface area contributed by atoms with Crippen LogP contribution in [0.15, 0.2) is 88.9 Å². The minimum atomic E-state index is -0.0425. The van der Waals surface area contributed by atoms with Crippen LogP contribution in [-0.4, -0.2) is 24.0 Å². The van der Waals surface area contributed by atoms with Gasteiger partial charge in [-0.3, -0.25) is 4.79 Å². The summed E-state index contributed by atoms with van der Waals surface area (Å²) in [5, 5.41) is 7.23. The molecule has 3 aromatic rings. The number of amides is 1. The molecule has 4 nitrogen and oxygen atoms in total. The van der Waals surface area contributed by atoms with Crippen LogP contribution in [0.25, 0.3) is 0 Å². The Morgan fingerprint density at radius 2 is 1.65 bits per heavy atom. The molecule has 0 atom stereocenters. The van der Waals surface area contributed by atoms with E-state index in [2.05, 4.69) is 15.6 Å². The molecule has 0 radical (unpaired) electrons. The van der Waals surface area contributed by atoms with Crippen molar-refractivity contribution < 1.29 is 4.79 Å². The van der Waals surface area contributed by atoms with Gasteiger partial charge in [-0.25, -0.2) is 4.98 Å². The fourth-order valence-electron chi connectivity index (χ4n) is 2.38. The number of carbonyl (C=O) groups excluding carboxylic acids is 1. The van der Waals surface area contributed by atoms with Crippen LogP contribution in [0, 0.1) is 0 Å². The summed E-state index contributed by atoms with van der Waals surface area (Å²) < 4.78 is 0. The van der Waals surface area contributed by atoms with Crippen molar-refractivity contribution in [2.24, 2.45) is 0 Å². The second-order valence-corrected chi connectivity index (χ2v) is 6.79. The summed E-state index contributed by atoms with van der Waals surface area (Å²) in [6.07, 6.45) is 2.64. The number of hydrogen-bond acceptors (Lipinski definition) is 4. The molecule has 0 unspecified atom stereocenters. The van der Waals surface area contributed by atoms with E-state index in [-0.39, 0.29) is 5.91 Å². The van der Waals surface area contributed by atoms with E-state index in [0.29, 0.717) is 12.1 Å². The Labute approximate surface area is 158 Å². The van der Waals surface area contributed by atoms with Gasteiger partial charge in [-0.05, 0) is 55.0 Å². The predicted octanol–water partition coefficient (Wildman–Crippen LogP) is 4.46. The van der Waals surface area contributed by atoms with Crippen molar-refractivity contribution in [3.05, 3.63) is 84.6 Å². The molecule has 0 fully saturated rings. The predicted molar refractivity (Wildman–Crippen MR) is 107 cm³/mol. The number of nitrogens with zero attached hydrogens (tertiary/aromatic N) is 1. The van der Waals surface area contributed by atoms with Crippen LogP contribution < -0.4 is 10.6 Å². The summed E-state index contributed by atoms with van der Waals surface area (Å²) in [7, 11) is 0. The second kappa shape index (κ2) is 9.63. The van der Waals surface area contributed by atoms with Gasteiger partial charge in [-0.2, -0.15) is 0 Å². The van der Waals surface area contributed by atoms with Crippen molar-refractivity contribution in [2.75, 3.05) is 18.4 Å². The second-order valence-electron chi connectivity index (χ2n) is 5.70. The molecule has 26 heavy (non-hydrogen) atoms. The molecule has 1 aromatic heterocycles. The molecule has 132 valence electrons. The lowest BCUT2D eigenvalue weighted by Gasteiger charge is -2.08. The SMILES string of the molecule is O=C(NCCCNc1ccccc1)c1ccc(Sc2ccccn2)cc1. The molecule has 5 heteroatoms. The monoisotopic (exact) mass is 363 g/mol. The highest BCUT2D eigenvalue weighted by atomic mass is 32.2. The number of anilines is 1. The summed E-state index contributed by atoms with van der Waals surface area (Å²) in [6, 6.07) is 23.5. The lowest BCUT2D eigenvalue weighted by Crippen LogP contribution is -2.25. The largest absolute Gasteiger partial charge is 0.385 e. The number of hydrogen-bond donors (Lipinski definition) is 2. The van der Waals surface area contributed by atoms with Gasteiger partial charge in [0.25, 0.3) is 5.91 Å². The van der Waals surface area contributed by atoms with Gasteiger partial charge in [0.05, 0.1) is 0 Å². The van der Waals surface area contributed by atoms with E-state index >= 15 is 0 Å². The average molecular weight is 363 g/mol. The van der Waals surface area contributed by atoms with Crippen molar-refractivity contribution in [3.63, 3.8) is 0 Å². The van der Waals surface area contributed by atoms with E-state index in [4.69, 9.17) is 0 Å². The molecular weight excluding hydrogens is 342 g/mol. The van der Waals surface area contributed by atoms with Gasteiger partial charge in [0.15, 0.2) is 0 Å². The van der Waals surface area contributed by atoms with Crippen LogP contribution in [-0.2, 0) is 0 Å². The topological polar surface area (TPSA) is 54.0 Å². The highest BCUT2D eigenvalue weighted by Crippen LogP contribution is 2.25. The van der Waals surface area contributed by atoms with E-state index < -0.39 is 0 Å². The third kappa shape index (κ3) is 5.63. The Morgan fingerprint density at radius 1 is 0.885 bits per heavy atom. The number of pyridine rings is 1. The van der Waals surface area contributed by atoms with Crippen LogP contribution in [0.3, 0.4) is 0 Å². The quantitative estimate of drug-likeness (QED) is 0.580. The molecule has 0 bridgehead atoms. The number of aromatic nitrogens is 1. The first-order valence-electron chi connectivity index (χ1n) is 8.57. The minimum Gasteiger partial charge on any atom is -0.385 e. The summed E-state index contributed by atoms with van der Waals surface area (Å²) in [5.41, 5.74) is 1.77. The normalized spacial score (nSPS) is 10.3. The Morgan fingerprint density at radius 3 is 2.38 bits per heavy atom. The lowest BCUT2D eigenvalue weighted by molar-refractivity contribution is 0.0953. The molecule has 0 aliphatic carbocycles. The Kier molecular flexibility index (Phi) is 6.67. The van der Waals surface area contributed by atoms with Crippen molar-refractivity contribution in [3.8, 4) is 0 Å². The summed E-state index contributed by atoms with van der Waals surface area (Å²) in [6.45, 7) is 1.47. The number of rotatable bonds is 8. The molecule has 3 rings (SSSR count). The first-order valence-corrected chi connectivity index (χ1v) is 9.39. The maximum Gasteiger partial charge on any atom is 0.251 e. The van der Waals surface area contributed by atoms with Gasteiger partial charge < -0.3 is 10.6 Å². The number of carbonyl (C=O) groups is 1. The van der Waals surface area contributed by atoms with Crippen molar-refractivity contribution in [1.29, 1.82) is 0 Å². The third-order valence-electron chi connectivity index (χ3n) is 3.72. The molecule has 1 heterocycles. The van der Waals surface area contributed by atoms with Gasteiger partial charge in [0, 0.05) is 35.4 Å². The summed E-state index contributed by atoms with van der Waals surface area (Å²) in [5.74, 6) is -0.0425. The van der Waals surface area contributed by atoms with Gasteiger partial charge >= 0.3 is 0 Å². The molecule has 0 spiro atoms. The first kappa shape index (κ1) is 18.0. The highest BCUT2D eigenvalue weighted by Gasteiger charge is 2.05. The van der Waals surface area contributed by atoms with E-state index in [1.54, 1.807) is 18.0 Å². The van der Waals surface area contributed by atoms with Gasteiger partial charge in [-0.1, -0.05) is 36.0 Å². The molecule has 1 amide bonds. The molecule has 2 N–H and O–H groups in total. The number of nitrogens with one attached hydrogen (secondary N) is 2. The molecule has 0 aliphatic rings. The number of para-hydroxylation sites is 1. The molecular formula is C21H21N3OS. The molecule has 2 aromatic carbocycles. The third-order valence-corrected chi connectivity index (χ3v) is 4.68. The molecule has 0 aliphatic heterocycles. The zero-order valence-corrected chi connectivity index (χ0v) is 15.2. The Bertz CT molecular complexity index is 808. The number of benzene rings is 2. The highest BCUT2D eigenvalue weighted by molar-refractivity contribution is 7.99. The minimum absolute atomic E-state index is 0.0425.